The summed E-state index contributed by atoms with van der Waals surface area (Å²) in [7, 11) is 4.53. The molecule has 0 atom stereocenters. The smallest absolute Gasteiger partial charge is 0.278 e. The van der Waals surface area contributed by atoms with Crippen LogP contribution in [0.25, 0.3) is 5.57 Å². The summed E-state index contributed by atoms with van der Waals surface area (Å²) in [5, 5.41) is 3.09. The predicted molar refractivity (Wildman–Crippen MR) is 125 cm³/mol. The maximum atomic E-state index is 13.5. The zero-order valence-electron chi connectivity index (χ0n) is 18.9. The van der Waals surface area contributed by atoms with E-state index in [0.717, 1.165) is 4.90 Å². The van der Waals surface area contributed by atoms with Gasteiger partial charge in [-0.25, -0.2) is 4.39 Å². The molecule has 34 heavy (non-hydrogen) atoms. The first-order valence-electron chi connectivity index (χ1n) is 10.4. The molecule has 0 saturated carbocycles. The van der Waals surface area contributed by atoms with Crippen LogP contribution in [0.3, 0.4) is 0 Å². The molecule has 174 valence electrons. The van der Waals surface area contributed by atoms with Gasteiger partial charge in [-0.05, 0) is 35.9 Å². The lowest BCUT2D eigenvalue weighted by Crippen LogP contribution is -2.32. The zero-order chi connectivity index (χ0) is 24.2. The molecular weight excluding hydrogens is 439 g/mol. The van der Waals surface area contributed by atoms with E-state index in [1.54, 1.807) is 42.5 Å². The maximum absolute atomic E-state index is 13.5. The molecule has 0 aromatic heterocycles. The third-order valence-electron chi connectivity index (χ3n) is 5.47. The number of ether oxygens (including phenoxy) is 3. The number of rotatable bonds is 8. The number of halogens is 1. The standard InChI is InChI=1S/C26H23FN2O5/c1-32-18-12-13-20(22(14-18)34-3)28-24-23(19-6-4-5-7-21(19)33-2)25(30)29(26(24)31)15-16-8-10-17(27)11-9-16/h4-14,28H,15H2,1-3H3. The minimum absolute atomic E-state index is 0.0124. The lowest BCUT2D eigenvalue weighted by atomic mass is 10.0. The molecule has 0 spiro atoms. The van der Waals surface area contributed by atoms with E-state index in [1.807, 2.05) is 0 Å². The lowest BCUT2D eigenvalue weighted by Gasteiger charge is -2.16. The molecule has 8 heteroatoms. The Morgan fingerprint density at radius 3 is 2.21 bits per heavy atom. The van der Waals surface area contributed by atoms with Gasteiger partial charge in [0.05, 0.1) is 39.1 Å². The highest BCUT2D eigenvalue weighted by Gasteiger charge is 2.40. The molecule has 0 unspecified atom stereocenters. The van der Waals surface area contributed by atoms with Crippen LogP contribution < -0.4 is 19.5 Å². The monoisotopic (exact) mass is 462 g/mol. The third-order valence-corrected chi connectivity index (χ3v) is 5.47. The van der Waals surface area contributed by atoms with Gasteiger partial charge in [0.1, 0.15) is 28.8 Å². The quantitative estimate of drug-likeness (QED) is 0.505. The predicted octanol–water partition coefficient (Wildman–Crippen LogP) is 4.24. The van der Waals surface area contributed by atoms with Crippen molar-refractivity contribution in [1.82, 2.24) is 4.90 Å². The Morgan fingerprint density at radius 1 is 0.824 bits per heavy atom. The Bertz CT molecular complexity index is 1270. The van der Waals surface area contributed by atoms with Gasteiger partial charge in [0.2, 0.25) is 0 Å². The van der Waals surface area contributed by atoms with E-state index >= 15 is 0 Å². The fraction of sp³-hybridized carbons (Fsp3) is 0.154. The summed E-state index contributed by atoms with van der Waals surface area (Å²) in [5.41, 5.74) is 1.82. The summed E-state index contributed by atoms with van der Waals surface area (Å²) in [5.74, 6) is 0.0476. The van der Waals surface area contributed by atoms with E-state index < -0.39 is 17.6 Å². The molecule has 1 aliphatic heterocycles. The fourth-order valence-corrected chi connectivity index (χ4v) is 3.75. The minimum atomic E-state index is -0.520. The molecule has 4 rings (SSSR count). The average Bonchev–Trinajstić information content (AvgIpc) is 3.09. The van der Waals surface area contributed by atoms with Crippen molar-refractivity contribution in [1.29, 1.82) is 0 Å². The molecule has 0 bridgehead atoms. The SMILES string of the molecule is COc1ccc(NC2=C(c3ccccc3OC)C(=O)N(Cc3ccc(F)cc3)C2=O)c(OC)c1. The van der Waals surface area contributed by atoms with E-state index in [4.69, 9.17) is 14.2 Å². The second kappa shape index (κ2) is 9.66. The van der Waals surface area contributed by atoms with Gasteiger partial charge in [0.15, 0.2) is 0 Å². The van der Waals surface area contributed by atoms with Crippen LogP contribution >= 0.6 is 0 Å². The number of carbonyl (C=O) groups is 2. The van der Waals surface area contributed by atoms with Gasteiger partial charge in [-0.2, -0.15) is 0 Å². The summed E-state index contributed by atoms with van der Waals surface area (Å²) >= 11 is 0. The molecule has 7 nitrogen and oxygen atoms in total. The first-order valence-corrected chi connectivity index (χ1v) is 10.4. The van der Waals surface area contributed by atoms with Crippen molar-refractivity contribution >= 4 is 23.1 Å². The Morgan fingerprint density at radius 2 is 1.53 bits per heavy atom. The molecule has 1 aliphatic rings. The Labute approximate surface area is 196 Å². The number of imide groups is 1. The summed E-state index contributed by atoms with van der Waals surface area (Å²) in [6.45, 7) is -0.0124. The molecule has 0 radical (unpaired) electrons. The van der Waals surface area contributed by atoms with Crippen LogP contribution in [-0.4, -0.2) is 38.0 Å². The van der Waals surface area contributed by atoms with Crippen molar-refractivity contribution in [2.75, 3.05) is 26.6 Å². The van der Waals surface area contributed by atoms with Gasteiger partial charge < -0.3 is 19.5 Å². The molecule has 2 amide bonds. The van der Waals surface area contributed by atoms with Crippen LogP contribution in [0.2, 0.25) is 0 Å². The number of anilines is 1. The van der Waals surface area contributed by atoms with E-state index in [2.05, 4.69) is 5.32 Å². The average molecular weight is 462 g/mol. The second-order valence-electron chi connectivity index (χ2n) is 7.46. The molecule has 0 saturated heterocycles. The molecule has 0 fully saturated rings. The number of hydrogen-bond acceptors (Lipinski definition) is 6. The highest BCUT2D eigenvalue weighted by atomic mass is 19.1. The third kappa shape index (κ3) is 4.30. The molecule has 3 aromatic carbocycles. The molecule has 0 aliphatic carbocycles. The van der Waals surface area contributed by atoms with Gasteiger partial charge in [0, 0.05) is 11.6 Å². The van der Waals surface area contributed by atoms with Crippen LogP contribution in [0, 0.1) is 5.82 Å². The van der Waals surface area contributed by atoms with Gasteiger partial charge in [-0.3, -0.25) is 14.5 Å². The molecule has 1 N–H and O–H groups in total. The summed E-state index contributed by atoms with van der Waals surface area (Å²) in [6.07, 6.45) is 0. The number of methoxy groups -OCH3 is 3. The number of benzene rings is 3. The van der Waals surface area contributed by atoms with Crippen LogP contribution in [0.15, 0.2) is 72.4 Å². The summed E-state index contributed by atoms with van der Waals surface area (Å²) in [6, 6.07) is 17.7. The number of hydrogen-bond donors (Lipinski definition) is 1. The fourth-order valence-electron chi connectivity index (χ4n) is 3.75. The largest absolute Gasteiger partial charge is 0.497 e. The topological polar surface area (TPSA) is 77.1 Å². The van der Waals surface area contributed by atoms with Gasteiger partial charge in [-0.1, -0.05) is 30.3 Å². The number of carbonyl (C=O) groups excluding carboxylic acids is 2. The summed E-state index contributed by atoms with van der Waals surface area (Å²) < 4.78 is 29.5. The maximum Gasteiger partial charge on any atom is 0.278 e. The van der Waals surface area contributed by atoms with Crippen molar-refractivity contribution in [3.8, 4) is 17.2 Å². The minimum Gasteiger partial charge on any atom is -0.497 e. The van der Waals surface area contributed by atoms with Crippen molar-refractivity contribution in [2.24, 2.45) is 0 Å². The first kappa shape index (κ1) is 22.8. The van der Waals surface area contributed by atoms with Gasteiger partial charge >= 0.3 is 0 Å². The highest BCUT2D eigenvalue weighted by molar-refractivity contribution is 6.37. The normalized spacial score (nSPS) is 13.4. The number of nitrogens with one attached hydrogen (secondary N) is 1. The van der Waals surface area contributed by atoms with Crippen molar-refractivity contribution in [2.45, 2.75) is 6.54 Å². The van der Waals surface area contributed by atoms with Crippen LogP contribution in [-0.2, 0) is 16.1 Å². The van der Waals surface area contributed by atoms with Gasteiger partial charge in [0.25, 0.3) is 11.8 Å². The number of para-hydroxylation sites is 1. The van der Waals surface area contributed by atoms with E-state index in [0.29, 0.717) is 34.1 Å². The van der Waals surface area contributed by atoms with E-state index in [-0.39, 0.29) is 17.8 Å². The zero-order valence-corrected chi connectivity index (χ0v) is 18.9. The Balaban J connectivity index is 1.79. The Kier molecular flexibility index (Phi) is 6.49. The van der Waals surface area contributed by atoms with E-state index in [9.17, 15) is 14.0 Å². The van der Waals surface area contributed by atoms with Crippen LogP contribution in [0.4, 0.5) is 10.1 Å². The second-order valence-corrected chi connectivity index (χ2v) is 7.46. The Hall–Kier alpha value is -4.33. The van der Waals surface area contributed by atoms with E-state index in [1.165, 1.54) is 45.6 Å². The number of nitrogens with zero attached hydrogens (tertiary/aromatic N) is 1. The summed E-state index contributed by atoms with van der Waals surface area (Å²) in [4.78, 5) is 28.2. The van der Waals surface area contributed by atoms with Crippen LogP contribution in [0.1, 0.15) is 11.1 Å². The van der Waals surface area contributed by atoms with Crippen molar-refractivity contribution < 1.29 is 28.2 Å². The van der Waals surface area contributed by atoms with Crippen molar-refractivity contribution in [3.05, 3.63) is 89.4 Å². The first-order chi connectivity index (χ1) is 16.5. The van der Waals surface area contributed by atoms with Gasteiger partial charge in [-0.15, -0.1) is 0 Å². The lowest BCUT2D eigenvalue weighted by molar-refractivity contribution is -0.137. The van der Waals surface area contributed by atoms with Crippen LogP contribution in [0.5, 0.6) is 17.2 Å². The van der Waals surface area contributed by atoms with Crippen molar-refractivity contribution in [3.63, 3.8) is 0 Å². The molecule has 3 aromatic rings. The highest BCUT2D eigenvalue weighted by Crippen LogP contribution is 2.38. The molecular formula is C26H23FN2O5. The molecule has 1 heterocycles. The number of amides is 2.